The van der Waals surface area contributed by atoms with Gasteiger partial charge in [0.1, 0.15) is 6.26 Å². The molecule has 0 saturated heterocycles. The van der Waals surface area contributed by atoms with Crippen LogP contribution in [0.15, 0.2) is 18.2 Å². The van der Waals surface area contributed by atoms with Crippen LogP contribution in [-0.4, -0.2) is 16.1 Å². The molecule has 0 aliphatic rings. The third-order valence-electron chi connectivity index (χ3n) is 1.45. The van der Waals surface area contributed by atoms with Crippen LogP contribution in [0.1, 0.15) is 10.4 Å². The van der Waals surface area contributed by atoms with Crippen molar-refractivity contribution in [2.75, 3.05) is 11.0 Å². The lowest BCUT2D eigenvalue weighted by Gasteiger charge is -2.09. The Morgan fingerprint density at radius 2 is 2.21 bits per heavy atom. The van der Waals surface area contributed by atoms with Crippen molar-refractivity contribution in [3.63, 3.8) is 0 Å². The summed E-state index contributed by atoms with van der Waals surface area (Å²) in [4.78, 5) is 11.0. The van der Waals surface area contributed by atoms with E-state index in [0.29, 0.717) is 10.7 Å². The first-order chi connectivity index (χ1) is 6.50. The van der Waals surface area contributed by atoms with Gasteiger partial charge in [-0.2, -0.15) is 0 Å². The van der Waals surface area contributed by atoms with Crippen LogP contribution in [0, 0.1) is 0 Å². The Balaban J connectivity index is 3.08. The van der Waals surface area contributed by atoms with Gasteiger partial charge in [-0.05, 0) is 29.8 Å². The maximum atomic E-state index is 11.0. The second kappa shape index (κ2) is 4.89. The Labute approximate surface area is 94.7 Å². The topological polar surface area (TPSA) is 52.2 Å². The van der Waals surface area contributed by atoms with E-state index in [1.165, 1.54) is 12.3 Å². The lowest BCUT2D eigenvalue weighted by atomic mass is 10.2. The molecule has 0 aliphatic heterocycles. The zero-order valence-corrected chi connectivity index (χ0v) is 9.54. The summed E-state index contributed by atoms with van der Waals surface area (Å²) in [5.41, 5.74) is 0.629. The molecule has 0 bridgehead atoms. The van der Waals surface area contributed by atoms with Gasteiger partial charge >= 0.3 is 0 Å². The number of halogens is 2. The summed E-state index contributed by atoms with van der Waals surface area (Å²) >= 11 is 9.76. The molecule has 3 nitrogen and oxygen atoms in total. The van der Waals surface area contributed by atoms with E-state index in [1.54, 1.807) is 12.1 Å². The first-order valence-corrected chi connectivity index (χ1v) is 5.91. The molecule has 0 unspecified atom stereocenters. The second-order valence-corrected chi connectivity index (χ2v) is 4.41. The fourth-order valence-electron chi connectivity index (χ4n) is 0.923. The van der Waals surface area contributed by atoms with Crippen molar-refractivity contribution in [2.45, 2.75) is 0 Å². The number of carbonyl (C=O) groups excluding carboxylic acids is 1. The molecule has 76 valence electrons. The number of nitrogens with one attached hydrogen (secondary N) is 1. The summed E-state index contributed by atoms with van der Waals surface area (Å²) < 4.78 is 13.5. The van der Waals surface area contributed by atoms with E-state index in [2.05, 4.69) is 4.72 Å². The predicted octanol–water partition coefficient (Wildman–Crippen LogP) is 2.42. The van der Waals surface area contributed by atoms with Crippen LogP contribution in [0.3, 0.4) is 0 Å². The number of hydrogen-bond donors (Lipinski definition) is 1. The van der Waals surface area contributed by atoms with E-state index in [4.69, 9.17) is 23.2 Å². The van der Waals surface area contributed by atoms with E-state index in [1.807, 2.05) is 0 Å². The molecule has 0 aromatic heterocycles. The molecule has 0 radical (unpaired) electrons. The zero-order chi connectivity index (χ0) is 10.7. The summed E-state index contributed by atoms with van der Waals surface area (Å²) in [6.07, 6.45) is 1.46. The van der Waals surface area contributed by atoms with Gasteiger partial charge in [-0.15, -0.1) is 0 Å². The number of anilines is 1. The molecule has 1 rings (SSSR count). The first kappa shape index (κ1) is 11.7. The number of carbonyl (C=O) groups is 1. The molecular weight excluding hydrogens is 245 g/mol. The lowest BCUT2D eigenvalue weighted by molar-refractivity contribution is 0.108. The van der Waals surface area contributed by atoms with Crippen molar-refractivity contribution in [3.05, 3.63) is 28.8 Å². The van der Waals surface area contributed by atoms with Crippen molar-refractivity contribution >= 4 is 45.5 Å². The third-order valence-corrected chi connectivity index (χ3v) is 2.39. The highest BCUT2D eigenvalue weighted by molar-refractivity contribution is 7.92. The minimum atomic E-state index is -1.25. The first-order valence-electron chi connectivity index (χ1n) is 3.60. The highest BCUT2D eigenvalue weighted by atomic mass is 35.5. The highest BCUT2D eigenvalue weighted by Gasteiger charge is 2.12. The average Bonchev–Trinajstić information content (AvgIpc) is 2.07. The fraction of sp³-hybridized carbons (Fsp3) is 0.125. The maximum absolute atomic E-state index is 11.0. The Morgan fingerprint density at radius 1 is 1.57 bits per heavy atom. The standard InChI is InChI=1S/C8H7Cl2NO2S/c1-14(13)11-7-3-2-5(9)4-6(7)8(10)12/h2-4,11H,1H3/t14-/m0/s1. The number of benzene rings is 1. The van der Waals surface area contributed by atoms with Crippen LogP contribution < -0.4 is 4.72 Å². The molecule has 14 heavy (non-hydrogen) atoms. The lowest BCUT2D eigenvalue weighted by Crippen LogP contribution is -2.12. The van der Waals surface area contributed by atoms with Gasteiger partial charge in [-0.1, -0.05) is 11.6 Å². The molecule has 0 fully saturated rings. The van der Waals surface area contributed by atoms with Gasteiger partial charge in [-0.3, -0.25) is 4.79 Å². The van der Waals surface area contributed by atoms with Crippen LogP contribution in [0.5, 0.6) is 0 Å². The largest absolute Gasteiger partial charge is 0.593 e. The van der Waals surface area contributed by atoms with E-state index in [0.717, 1.165) is 0 Å². The van der Waals surface area contributed by atoms with Crippen LogP contribution in [0.4, 0.5) is 5.69 Å². The van der Waals surface area contributed by atoms with Gasteiger partial charge in [0, 0.05) is 5.02 Å². The molecule has 1 aromatic rings. The molecule has 0 aliphatic carbocycles. The number of hydrogen-bond acceptors (Lipinski definition) is 3. The minimum absolute atomic E-state index is 0.217. The molecule has 0 heterocycles. The normalized spacial score (nSPS) is 12.3. The second-order valence-electron chi connectivity index (χ2n) is 2.52. The van der Waals surface area contributed by atoms with E-state index in [9.17, 15) is 9.35 Å². The fourth-order valence-corrected chi connectivity index (χ4v) is 1.74. The molecule has 1 N–H and O–H groups in total. The van der Waals surface area contributed by atoms with E-state index < -0.39 is 16.6 Å². The molecule has 0 saturated carbocycles. The SMILES string of the molecule is C[S@+]([O-])Nc1ccc(Cl)cc1C(=O)Cl. The number of rotatable bonds is 3. The molecule has 1 aromatic carbocycles. The summed E-state index contributed by atoms with van der Waals surface area (Å²) in [5.74, 6) is 0. The molecule has 0 amide bonds. The molecule has 6 heteroatoms. The van der Waals surface area contributed by atoms with Gasteiger partial charge in [0.05, 0.1) is 22.6 Å². The average molecular weight is 252 g/mol. The Bertz CT molecular complexity index is 357. The zero-order valence-electron chi connectivity index (χ0n) is 7.21. The van der Waals surface area contributed by atoms with Gasteiger partial charge < -0.3 is 4.55 Å². The van der Waals surface area contributed by atoms with Crippen LogP contribution in [0.2, 0.25) is 5.02 Å². The Morgan fingerprint density at radius 3 is 2.71 bits per heavy atom. The van der Waals surface area contributed by atoms with Crippen LogP contribution in [-0.2, 0) is 11.4 Å². The third kappa shape index (κ3) is 3.06. The quantitative estimate of drug-likeness (QED) is 0.663. The monoisotopic (exact) mass is 251 g/mol. The smallest absolute Gasteiger partial charge is 0.254 e. The summed E-state index contributed by atoms with van der Waals surface area (Å²) in [6, 6.07) is 4.56. The summed E-state index contributed by atoms with van der Waals surface area (Å²) in [6.45, 7) is 0. The minimum Gasteiger partial charge on any atom is -0.593 e. The molecule has 0 spiro atoms. The van der Waals surface area contributed by atoms with Gasteiger partial charge in [0.25, 0.3) is 5.24 Å². The van der Waals surface area contributed by atoms with Gasteiger partial charge in [0.2, 0.25) is 0 Å². The van der Waals surface area contributed by atoms with Crippen molar-refractivity contribution in [1.29, 1.82) is 0 Å². The van der Waals surface area contributed by atoms with E-state index >= 15 is 0 Å². The van der Waals surface area contributed by atoms with Crippen LogP contribution >= 0.6 is 23.2 Å². The summed E-state index contributed by atoms with van der Waals surface area (Å²) in [7, 11) is 0. The van der Waals surface area contributed by atoms with E-state index in [-0.39, 0.29) is 5.56 Å². The van der Waals surface area contributed by atoms with Gasteiger partial charge in [0.15, 0.2) is 0 Å². The summed E-state index contributed by atoms with van der Waals surface area (Å²) in [5, 5.41) is -0.234. The van der Waals surface area contributed by atoms with Crippen molar-refractivity contribution < 1.29 is 9.35 Å². The Kier molecular flexibility index (Phi) is 4.07. The van der Waals surface area contributed by atoms with Crippen molar-refractivity contribution in [1.82, 2.24) is 0 Å². The van der Waals surface area contributed by atoms with Crippen molar-refractivity contribution in [3.8, 4) is 0 Å². The van der Waals surface area contributed by atoms with Crippen molar-refractivity contribution in [2.24, 2.45) is 0 Å². The maximum Gasteiger partial charge on any atom is 0.254 e. The molecular formula is C8H7Cl2NO2S. The van der Waals surface area contributed by atoms with Gasteiger partial charge in [-0.25, -0.2) is 4.72 Å². The van der Waals surface area contributed by atoms with Crippen LogP contribution in [0.25, 0.3) is 0 Å². The highest BCUT2D eigenvalue weighted by Crippen LogP contribution is 2.22. The predicted molar refractivity (Wildman–Crippen MR) is 59.3 cm³/mol. The molecule has 1 atom stereocenters. The Hall–Kier alpha value is -0.420.